The summed E-state index contributed by atoms with van der Waals surface area (Å²) in [6.45, 7) is -0.409. The lowest BCUT2D eigenvalue weighted by molar-refractivity contribution is -0.671. The summed E-state index contributed by atoms with van der Waals surface area (Å²) in [6, 6.07) is 0. The van der Waals surface area contributed by atoms with Crippen molar-refractivity contribution >= 4 is 0 Å². The second kappa shape index (κ2) is 11.3. The van der Waals surface area contributed by atoms with Gasteiger partial charge in [0.2, 0.25) is 6.33 Å². The molecule has 2 aliphatic rings. The highest BCUT2D eigenvalue weighted by Crippen LogP contribution is 2.29. The Kier molecular flexibility index (Phi) is 8.94. The second-order valence-corrected chi connectivity index (χ2v) is 8.05. The molecule has 0 bridgehead atoms. The Balaban J connectivity index is 1.65. The Morgan fingerprint density at radius 1 is 0.875 bits per heavy atom. The van der Waals surface area contributed by atoms with Gasteiger partial charge in [0.05, 0.1) is 33.4 Å². The SMILES string of the molecule is C[n+]1ccn(CCCO[C@@H]2O[C@H](CO)[C@H](O)[C@H](O)[C@H]2O[C@@H]2O[C@H](CO)[C@H](O)[C@H](O)[C@H]2O)c1. The van der Waals surface area contributed by atoms with Crippen LogP contribution >= 0.6 is 0 Å². The van der Waals surface area contributed by atoms with Crippen molar-refractivity contribution in [2.24, 2.45) is 7.05 Å². The van der Waals surface area contributed by atoms with Gasteiger partial charge in [0.25, 0.3) is 0 Å². The predicted molar refractivity (Wildman–Crippen MR) is 103 cm³/mol. The first-order chi connectivity index (χ1) is 15.3. The molecule has 0 amide bonds. The van der Waals surface area contributed by atoms with E-state index in [-0.39, 0.29) is 6.61 Å². The summed E-state index contributed by atoms with van der Waals surface area (Å²) in [5.41, 5.74) is 0. The highest BCUT2D eigenvalue weighted by Gasteiger charge is 2.50. The summed E-state index contributed by atoms with van der Waals surface area (Å²) in [5, 5.41) is 69.7. The molecule has 0 spiro atoms. The molecule has 7 N–H and O–H groups in total. The van der Waals surface area contributed by atoms with Crippen LogP contribution in [0.3, 0.4) is 0 Å². The van der Waals surface area contributed by atoms with E-state index < -0.39 is 74.6 Å². The second-order valence-electron chi connectivity index (χ2n) is 8.05. The normalized spacial score (nSPS) is 40.5. The molecule has 2 fully saturated rings. The van der Waals surface area contributed by atoms with E-state index in [0.29, 0.717) is 13.0 Å². The first-order valence-electron chi connectivity index (χ1n) is 10.5. The molecule has 184 valence electrons. The molecule has 10 atom stereocenters. The number of ether oxygens (including phenoxy) is 4. The molecular weight excluding hydrogens is 432 g/mol. The summed E-state index contributed by atoms with van der Waals surface area (Å²) in [6.07, 6.45) is -8.31. The van der Waals surface area contributed by atoms with E-state index in [0.717, 1.165) is 0 Å². The van der Waals surface area contributed by atoms with Crippen molar-refractivity contribution in [1.82, 2.24) is 4.57 Å². The molecule has 1 aromatic heterocycles. The third-order valence-electron chi connectivity index (χ3n) is 5.63. The van der Waals surface area contributed by atoms with Crippen molar-refractivity contribution in [2.45, 2.75) is 74.4 Å². The van der Waals surface area contributed by atoms with E-state index in [2.05, 4.69) is 0 Å². The van der Waals surface area contributed by atoms with Crippen LogP contribution in [0.4, 0.5) is 0 Å². The van der Waals surface area contributed by atoms with Crippen molar-refractivity contribution in [3.63, 3.8) is 0 Å². The average Bonchev–Trinajstić information content (AvgIpc) is 3.20. The molecule has 0 unspecified atom stereocenters. The summed E-state index contributed by atoms with van der Waals surface area (Å²) in [5.74, 6) is 0. The van der Waals surface area contributed by atoms with Gasteiger partial charge in [0, 0.05) is 6.42 Å². The van der Waals surface area contributed by atoms with E-state index in [1.54, 1.807) is 0 Å². The lowest BCUT2D eigenvalue weighted by atomic mass is 9.97. The number of imidazole rings is 1. The highest BCUT2D eigenvalue weighted by atomic mass is 16.8. The van der Waals surface area contributed by atoms with Crippen LogP contribution in [0.15, 0.2) is 18.7 Å². The molecule has 2 aliphatic heterocycles. The fourth-order valence-corrected chi connectivity index (χ4v) is 3.75. The topological polar surface area (TPSA) is 187 Å². The molecule has 32 heavy (non-hydrogen) atoms. The minimum atomic E-state index is -1.71. The molecule has 13 heteroatoms. The number of hydrogen-bond acceptors (Lipinski definition) is 11. The first kappa shape index (κ1) is 25.4. The lowest BCUT2D eigenvalue weighted by Crippen LogP contribution is -2.64. The zero-order chi connectivity index (χ0) is 23.4. The third-order valence-corrected chi connectivity index (χ3v) is 5.63. The van der Waals surface area contributed by atoms with Crippen molar-refractivity contribution in [3.05, 3.63) is 18.7 Å². The summed E-state index contributed by atoms with van der Waals surface area (Å²) >= 11 is 0. The molecule has 1 aromatic rings. The molecular formula is C19H33N2O11+. The third kappa shape index (κ3) is 5.63. The van der Waals surface area contributed by atoms with E-state index in [1.807, 2.05) is 34.9 Å². The van der Waals surface area contributed by atoms with Crippen LogP contribution < -0.4 is 4.57 Å². The average molecular weight is 465 g/mol. The van der Waals surface area contributed by atoms with Gasteiger partial charge >= 0.3 is 0 Å². The molecule has 13 nitrogen and oxygen atoms in total. The van der Waals surface area contributed by atoms with Gasteiger partial charge in [-0.05, 0) is 0 Å². The highest BCUT2D eigenvalue weighted by molar-refractivity contribution is 4.93. The van der Waals surface area contributed by atoms with Crippen LogP contribution in [-0.4, -0.2) is 122 Å². The van der Waals surface area contributed by atoms with Crippen LogP contribution in [0.5, 0.6) is 0 Å². The van der Waals surface area contributed by atoms with Gasteiger partial charge in [-0.15, -0.1) is 0 Å². The van der Waals surface area contributed by atoms with Gasteiger partial charge in [-0.3, -0.25) is 0 Å². The molecule has 0 saturated carbocycles. The predicted octanol–water partition coefficient (Wildman–Crippen LogP) is -4.66. The number of rotatable bonds is 9. The number of aliphatic hydroxyl groups is 7. The van der Waals surface area contributed by atoms with Crippen molar-refractivity contribution in [1.29, 1.82) is 0 Å². The fourth-order valence-electron chi connectivity index (χ4n) is 3.75. The number of nitrogens with zero attached hydrogens (tertiary/aromatic N) is 2. The van der Waals surface area contributed by atoms with E-state index in [9.17, 15) is 35.7 Å². The monoisotopic (exact) mass is 465 g/mol. The maximum Gasteiger partial charge on any atom is 0.243 e. The molecule has 0 aromatic carbocycles. The maximum absolute atomic E-state index is 10.6. The van der Waals surface area contributed by atoms with Crippen molar-refractivity contribution in [3.8, 4) is 0 Å². The Bertz CT molecular complexity index is 705. The maximum atomic E-state index is 10.6. The molecule has 3 heterocycles. The first-order valence-corrected chi connectivity index (χ1v) is 10.5. The zero-order valence-corrected chi connectivity index (χ0v) is 17.7. The van der Waals surface area contributed by atoms with Gasteiger partial charge in [-0.1, -0.05) is 0 Å². The van der Waals surface area contributed by atoms with E-state index in [4.69, 9.17) is 18.9 Å². The molecule has 0 radical (unpaired) electrons. The van der Waals surface area contributed by atoms with E-state index >= 15 is 0 Å². The molecule has 0 aliphatic carbocycles. The minimum absolute atomic E-state index is 0.183. The number of aromatic nitrogens is 2. The number of aryl methyl sites for hydroxylation is 2. The Hall–Kier alpha value is -1.23. The number of hydrogen-bond donors (Lipinski definition) is 7. The van der Waals surface area contributed by atoms with Crippen LogP contribution in [0.1, 0.15) is 6.42 Å². The van der Waals surface area contributed by atoms with Crippen LogP contribution in [-0.2, 0) is 32.5 Å². The van der Waals surface area contributed by atoms with Gasteiger partial charge in [-0.2, -0.15) is 0 Å². The summed E-state index contributed by atoms with van der Waals surface area (Å²) < 4.78 is 26.0. The lowest BCUT2D eigenvalue weighted by Gasteiger charge is -2.45. The van der Waals surface area contributed by atoms with Gasteiger partial charge in [0.15, 0.2) is 12.6 Å². The Labute approximate surface area is 184 Å². The number of aliphatic hydroxyl groups excluding tert-OH is 7. The fraction of sp³-hybridized carbons (Fsp3) is 0.842. The molecule has 3 rings (SSSR count). The van der Waals surface area contributed by atoms with Gasteiger partial charge in [-0.25, -0.2) is 9.13 Å². The van der Waals surface area contributed by atoms with E-state index in [1.165, 1.54) is 0 Å². The summed E-state index contributed by atoms with van der Waals surface area (Å²) in [4.78, 5) is 0. The molecule has 2 saturated heterocycles. The van der Waals surface area contributed by atoms with Gasteiger partial charge < -0.3 is 54.7 Å². The van der Waals surface area contributed by atoms with Crippen molar-refractivity contribution in [2.75, 3.05) is 19.8 Å². The zero-order valence-electron chi connectivity index (χ0n) is 17.7. The Morgan fingerprint density at radius 3 is 2.09 bits per heavy atom. The Morgan fingerprint density at radius 2 is 1.50 bits per heavy atom. The van der Waals surface area contributed by atoms with Crippen LogP contribution in [0.25, 0.3) is 0 Å². The van der Waals surface area contributed by atoms with Crippen LogP contribution in [0.2, 0.25) is 0 Å². The van der Waals surface area contributed by atoms with Gasteiger partial charge in [0.1, 0.15) is 61.2 Å². The quantitative estimate of drug-likeness (QED) is 0.137. The van der Waals surface area contributed by atoms with Crippen molar-refractivity contribution < 1.29 is 59.3 Å². The van der Waals surface area contributed by atoms with Crippen LogP contribution in [0, 0.1) is 0 Å². The summed E-state index contributed by atoms with van der Waals surface area (Å²) in [7, 11) is 1.89. The largest absolute Gasteiger partial charge is 0.394 e. The smallest absolute Gasteiger partial charge is 0.243 e. The standard InChI is InChI=1S/C19H33N2O11/c1-20-4-5-21(9-20)3-2-6-29-19-17(15(27)13(25)11(8-23)31-19)32-18-16(28)14(26)12(24)10(7-22)30-18/h4-5,9-19,22-28H,2-3,6-8H2,1H3/q+1/t10-,11-,12+,13+,14+,15+,16-,17-,18+,19-/m1/s1. The minimum Gasteiger partial charge on any atom is -0.394 e.